The Labute approximate surface area is 90.9 Å². The first-order valence-corrected chi connectivity index (χ1v) is 5.83. The molecule has 2 fully saturated rings. The molecule has 0 aromatic rings. The molecular weight excluding hydrogens is 192 g/mol. The fraction of sp³-hybridized carbons (Fsp3) is 0.909. The van der Waals surface area contributed by atoms with E-state index in [1.165, 1.54) is 0 Å². The van der Waals surface area contributed by atoms with E-state index in [9.17, 15) is 9.90 Å². The summed E-state index contributed by atoms with van der Waals surface area (Å²) in [7, 11) is 1.90. The third kappa shape index (κ3) is 2.49. The Morgan fingerprint density at radius 3 is 2.53 bits per heavy atom. The minimum absolute atomic E-state index is 0.107. The Morgan fingerprint density at radius 1 is 1.33 bits per heavy atom. The molecule has 0 radical (unpaired) electrons. The van der Waals surface area contributed by atoms with Crippen LogP contribution < -0.4 is 0 Å². The van der Waals surface area contributed by atoms with E-state index in [1.54, 1.807) is 0 Å². The highest BCUT2D eigenvalue weighted by Gasteiger charge is 2.29. The minimum Gasteiger partial charge on any atom is -0.393 e. The van der Waals surface area contributed by atoms with Gasteiger partial charge in [-0.3, -0.25) is 4.79 Å². The Kier molecular flexibility index (Phi) is 3.26. The molecule has 2 aliphatic heterocycles. The smallest absolute Gasteiger partial charge is 0.222 e. The van der Waals surface area contributed by atoms with Gasteiger partial charge < -0.3 is 14.9 Å². The fourth-order valence-electron chi connectivity index (χ4n) is 2.48. The third-order valence-electron chi connectivity index (χ3n) is 3.66. The number of hydrogen-bond acceptors (Lipinski definition) is 3. The molecule has 2 rings (SSSR count). The van der Waals surface area contributed by atoms with Gasteiger partial charge in [-0.25, -0.2) is 0 Å². The molecule has 4 heteroatoms. The monoisotopic (exact) mass is 212 g/mol. The van der Waals surface area contributed by atoms with E-state index >= 15 is 0 Å². The molecule has 2 aliphatic rings. The first-order valence-electron chi connectivity index (χ1n) is 5.83. The van der Waals surface area contributed by atoms with Gasteiger partial charge in [-0.15, -0.1) is 0 Å². The molecule has 1 unspecified atom stereocenters. The van der Waals surface area contributed by atoms with E-state index in [-0.39, 0.29) is 12.0 Å². The first kappa shape index (κ1) is 10.9. The molecular formula is C11H20N2O2. The Bertz CT molecular complexity index is 237. The number of likely N-dealkylation sites (N-methyl/N-ethyl adjacent to an activating group) is 1. The van der Waals surface area contributed by atoms with Crippen molar-refractivity contribution in [2.45, 2.75) is 37.8 Å². The van der Waals surface area contributed by atoms with Gasteiger partial charge in [0.15, 0.2) is 0 Å². The van der Waals surface area contributed by atoms with E-state index < -0.39 is 0 Å². The zero-order chi connectivity index (χ0) is 10.8. The summed E-state index contributed by atoms with van der Waals surface area (Å²) >= 11 is 0. The summed E-state index contributed by atoms with van der Waals surface area (Å²) in [5.41, 5.74) is 0. The number of amides is 1. The molecule has 86 valence electrons. The van der Waals surface area contributed by atoms with Gasteiger partial charge in [0.1, 0.15) is 0 Å². The van der Waals surface area contributed by atoms with Crippen LogP contribution in [0.2, 0.25) is 0 Å². The molecule has 1 atom stereocenters. The van der Waals surface area contributed by atoms with Crippen molar-refractivity contribution in [3.05, 3.63) is 0 Å². The predicted molar refractivity (Wildman–Crippen MR) is 57.5 cm³/mol. The van der Waals surface area contributed by atoms with Crippen LogP contribution in [0.1, 0.15) is 25.7 Å². The molecule has 2 heterocycles. The predicted octanol–water partition coefficient (Wildman–Crippen LogP) is 0.0639. The number of nitrogens with zero attached hydrogens (tertiary/aromatic N) is 2. The zero-order valence-corrected chi connectivity index (χ0v) is 9.35. The van der Waals surface area contributed by atoms with Gasteiger partial charge in [-0.1, -0.05) is 0 Å². The van der Waals surface area contributed by atoms with Crippen molar-refractivity contribution in [1.29, 1.82) is 0 Å². The van der Waals surface area contributed by atoms with Crippen LogP contribution >= 0.6 is 0 Å². The largest absolute Gasteiger partial charge is 0.393 e. The van der Waals surface area contributed by atoms with Crippen molar-refractivity contribution in [3.63, 3.8) is 0 Å². The maximum absolute atomic E-state index is 11.3. The summed E-state index contributed by atoms with van der Waals surface area (Å²) in [4.78, 5) is 15.6. The molecule has 0 aliphatic carbocycles. The van der Waals surface area contributed by atoms with Crippen LogP contribution in [0, 0.1) is 0 Å². The number of carbonyl (C=O) groups excluding carboxylic acids is 1. The molecule has 4 nitrogen and oxygen atoms in total. The van der Waals surface area contributed by atoms with Gasteiger partial charge in [0, 0.05) is 39.1 Å². The van der Waals surface area contributed by atoms with Gasteiger partial charge in [-0.05, 0) is 19.3 Å². The molecule has 0 bridgehead atoms. The van der Waals surface area contributed by atoms with Crippen molar-refractivity contribution >= 4 is 5.91 Å². The van der Waals surface area contributed by atoms with Crippen LogP contribution in [0.5, 0.6) is 0 Å². The van der Waals surface area contributed by atoms with Crippen LogP contribution in [0.15, 0.2) is 0 Å². The van der Waals surface area contributed by atoms with Crippen molar-refractivity contribution in [3.8, 4) is 0 Å². The highest BCUT2D eigenvalue weighted by molar-refractivity contribution is 5.78. The van der Waals surface area contributed by atoms with Crippen LogP contribution in [-0.4, -0.2) is 59.6 Å². The number of rotatable bonds is 2. The Balaban J connectivity index is 1.80. The van der Waals surface area contributed by atoms with Crippen molar-refractivity contribution in [2.75, 3.05) is 26.7 Å². The first-order chi connectivity index (χ1) is 7.16. The van der Waals surface area contributed by atoms with Gasteiger partial charge in [0.05, 0.1) is 6.10 Å². The van der Waals surface area contributed by atoms with Crippen LogP contribution in [-0.2, 0) is 4.79 Å². The number of likely N-dealkylation sites (tertiary alicyclic amines) is 2. The second kappa shape index (κ2) is 4.49. The average Bonchev–Trinajstić information content (AvgIpc) is 2.53. The standard InChI is InChI=1S/C11H20N2O2/c1-12-9(2-3-11(12)15)8-13-6-4-10(14)5-7-13/h9-10,14H,2-8H2,1H3. The lowest BCUT2D eigenvalue weighted by Gasteiger charge is -2.33. The minimum atomic E-state index is -0.107. The summed E-state index contributed by atoms with van der Waals surface area (Å²) in [6.07, 6.45) is 3.35. The van der Waals surface area contributed by atoms with Gasteiger partial charge in [-0.2, -0.15) is 0 Å². The summed E-state index contributed by atoms with van der Waals surface area (Å²) in [6.45, 7) is 2.92. The quantitative estimate of drug-likeness (QED) is 0.704. The fourth-order valence-corrected chi connectivity index (χ4v) is 2.48. The maximum Gasteiger partial charge on any atom is 0.222 e. The van der Waals surface area contributed by atoms with Crippen LogP contribution in [0.3, 0.4) is 0 Å². The van der Waals surface area contributed by atoms with Gasteiger partial charge in [0.25, 0.3) is 0 Å². The SMILES string of the molecule is CN1C(=O)CCC1CN1CCC(O)CC1. The lowest BCUT2D eigenvalue weighted by atomic mass is 10.1. The highest BCUT2D eigenvalue weighted by atomic mass is 16.3. The number of hydrogen-bond donors (Lipinski definition) is 1. The van der Waals surface area contributed by atoms with Crippen molar-refractivity contribution in [1.82, 2.24) is 9.80 Å². The van der Waals surface area contributed by atoms with E-state index in [1.807, 2.05) is 11.9 Å². The average molecular weight is 212 g/mol. The van der Waals surface area contributed by atoms with Crippen molar-refractivity contribution in [2.24, 2.45) is 0 Å². The zero-order valence-electron chi connectivity index (χ0n) is 9.35. The molecule has 2 saturated heterocycles. The molecule has 0 saturated carbocycles. The van der Waals surface area contributed by atoms with E-state index in [0.29, 0.717) is 12.5 Å². The van der Waals surface area contributed by atoms with Crippen LogP contribution in [0.25, 0.3) is 0 Å². The summed E-state index contributed by atoms with van der Waals surface area (Å²) < 4.78 is 0. The van der Waals surface area contributed by atoms with E-state index in [2.05, 4.69) is 4.90 Å². The highest BCUT2D eigenvalue weighted by Crippen LogP contribution is 2.19. The summed E-state index contributed by atoms with van der Waals surface area (Å²) in [5.74, 6) is 0.275. The second-order valence-corrected chi connectivity index (χ2v) is 4.73. The topological polar surface area (TPSA) is 43.8 Å². The van der Waals surface area contributed by atoms with Gasteiger partial charge >= 0.3 is 0 Å². The molecule has 1 N–H and O–H groups in total. The second-order valence-electron chi connectivity index (χ2n) is 4.73. The lowest BCUT2D eigenvalue weighted by molar-refractivity contribution is -0.127. The molecule has 0 aromatic heterocycles. The maximum atomic E-state index is 11.3. The normalized spacial score (nSPS) is 30.1. The summed E-state index contributed by atoms with van der Waals surface area (Å²) in [6, 6.07) is 0.396. The Morgan fingerprint density at radius 2 is 2.00 bits per heavy atom. The molecule has 1 amide bonds. The lowest BCUT2D eigenvalue weighted by Crippen LogP contribution is -2.44. The molecule has 0 spiro atoms. The van der Waals surface area contributed by atoms with Crippen molar-refractivity contribution < 1.29 is 9.90 Å². The summed E-state index contributed by atoms with van der Waals surface area (Å²) in [5, 5.41) is 9.39. The molecule has 0 aromatic carbocycles. The third-order valence-corrected chi connectivity index (χ3v) is 3.66. The Hall–Kier alpha value is -0.610. The number of piperidine rings is 1. The van der Waals surface area contributed by atoms with Crippen LogP contribution in [0.4, 0.5) is 0 Å². The number of aliphatic hydroxyl groups is 1. The number of aliphatic hydroxyl groups excluding tert-OH is 1. The van der Waals surface area contributed by atoms with E-state index in [0.717, 1.165) is 38.9 Å². The van der Waals surface area contributed by atoms with Gasteiger partial charge in [0.2, 0.25) is 5.91 Å². The molecule has 15 heavy (non-hydrogen) atoms. The number of carbonyl (C=O) groups is 1. The van der Waals surface area contributed by atoms with E-state index in [4.69, 9.17) is 0 Å².